The quantitative estimate of drug-likeness (QED) is 0.651. The monoisotopic (exact) mass is 485 g/mol. The van der Waals surface area contributed by atoms with Gasteiger partial charge < -0.3 is 9.30 Å². The number of pyridine rings is 1. The van der Waals surface area contributed by atoms with E-state index >= 15 is 0 Å². The molecule has 7 nitrogen and oxygen atoms in total. The minimum atomic E-state index is -4.64. The van der Waals surface area contributed by atoms with Crippen LogP contribution in [0.3, 0.4) is 0 Å². The van der Waals surface area contributed by atoms with E-state index in [1.54, 1.807) is 6.20 Å². The number of hydrogen-bond acceptors (Lipinski definition) is 3. The second kappa shape index (κ2) is 7.81. The number of nitrogens with one attached hydrogen (secondary N) is 1. The maximum atomic E-state index is 13.7. The van der Waals surface area contributed by atoms with Gasteiger partial charge in [0.05, 0.1) is 17.8 Å². The lowest BCUT2D eigenvalue weighted by Gasteiger charge is -2.41. The number of nitrogens with zero attached hydrogens (tertiary/aromatic N) is 4. The number of alkyl halides is 5. The van der Waals surface area contributed by atoms with Crippen molar-refractivity contribution in [2.45, 2.75) is 69.5 Å². The molecule has 3 heterocycles. The van der Waals surface area contributed by atoms with Crippen LogP contribution in [-0.2, 0) is 6.18 Å². The molecule has 1 saturated heterocycles. The van der Waals surface area contributed by atoms with E-state index in [1.165, 1.54) is 16.2 Å². The summed E-state index contributed by atoms with van der Waals surface area (Å²) in [7, 11) is 0. The summed E-state index contributed by atoms with van der Waals surface area (Å²) in [6.07, 6.45) is -1.66. The molecule has 2 aromatic rings. The van der Waals surface area contributed by atoms with Crippen molar-refractivity contribution in [3.8, 4) is 0 Å². The Kier molecular flexibility index (Phi) is 5.25. The molecule has 3 fully saturated rings. The average Bonchev–Trinajstić information content (AvgIpc) is 3.56. The summed E-state index contributed by atoms with van der Waals surface area (Å²) < 4.78 is 69.4. The number of hydrazine groups is 1. The molecule has 3 amide bonds. The lowest BCUT2D eigenvalue weighted by molar-refractivity contribution is -0.136. The Bertz CT molecular complexity index is 1150. The second-order valence-electron chi connectivity index (χ2n) is 9.35. The van der Waals surface area contributed by atoms with Crippen LogP contribution in [0, 0.1) is 6.92 Å². The van der Waals surface area contributed by atoms with Crippen LogP contribution in [0.1, 0.15) is 71.8 Å². The number of fused-ring (bicyclic) bond motifs is 1. The number of imidazole rings is 1. The van der Waals surface area contributed by atoms with Crippen molar-refractivity contribution >= 4 is 17.6 Å². The molecular formula is C22H24F5N5O2. The van der Waals surface area contributed by atoms with E-state index in [0.717, 1.165) is 23.9 Å². The number of halogens is 5. The summed E-state index contributed by atoms with van der Waals surface area (Å²) >= 11 is 0. The Morgan fingerprint density at radius 1 is 1.15 bits per heavy atom. The smallest absolute Gasteiger partial charge is 0.319 e. The molecule has 3 aliphatic rings. The number of aromatic nitrogens is 2. The molecule has 12 heteroatoms. The summed E-state index contributed by atoms with van der Waals surface area (Å²) in [6.45, 7) is 1.72. The maximum absolute atomic E-state index is 13.7. The molecule has 1 aliphatic heterocycles. The minimum Gasteiger partial charge on any atom is -0.319 e. The lowest BCUT2D eigenvalue weighted by Crippen LogP contribution is -2.62. The van der Waals surface area contributed by atoms with Gasteiger partial charge in [-0.05, 0) is 50.2 Å². The van der Waals surface area contributed by atoms with Gasteiger partial charge in [-0.25, -0.2) is 29.0 Å². The van der Waals surface area contributed by atoms with Crippen molar-refractivity contribution in [1.29, 1.82) is 0 Å². The van der Waals surface area contributed by atoms with Crippen LogP contribution in [0.4, 0.5) is 26.7 Å². The van der Waals surface area contributed by atoms with Crippen LogP contribution in [-0.4, -0.2) is 56.3 Å². The normalized spacial score (nSPS) is 21.8. The first kappa shape index (κ1) is 22.9. The van der Waals surface area contributed by atoms with Gasteiger partial charge in [0.25, 0.3) is 5.91 Å². The van der Waals surface area contributed by atoms with E-state index < -0.39 is 29.6 Å². The Morgan fingerprint density at radius 2 is 1.82 bits per heavy atom. The van der Waals surface area contributed by atoms with Crippen LogP contribution in [0.15, 0.2) is 12.3 Å². The SMILES string of the molecule is Cc1c(C(=O)N2CCN(C3CCC(F)(F)CC3)C(=O)N2)nc2c(C(F)(F)F)cc(C3CC3)cn12. The van der Waals surface area contributed by atoms with Crippen molar-refractivity contribution in [3.63, 3.8) is 0 Å². The third kappa shape index (κ3) is 4.07. The predicted molar refractivity (Wildman–Crippen MR) is 110 cm³/mol. The summed E-state index contributed by atoms with van der Waals surface area (Å²) in [5, 5.41) is 1.03. The molecule has 0 unspecified atom stereocenters. The van der Waals surface area contributed by atoms with E-state index in [0.29, 0.717) is 5.56 Å². The van der Waals surface area contributed by atoms with E-state index in [-0.39, 0.29) is 67.8 Å². The van der Waals surface area contributed by atoms with Crippen molar-refractivity contribution in [2.75, 3.05) is 13.1 Å². The van der Waals surface area contributed by atoms with Gasteiger partial charge in [-0.3, -0.25) is 4.79 Å². The molecule has 0 bridgehead atoms. The van der Waals surface area contributed by atoms with Gasteiger partial charge >= 0.3 is 12.2 Å². The molecule has 184 valence electrons. The van der Waals surface area contributed by atoms with Crippen molar-refractivity contribution in [3.05, 3.63) is 34.8 Å². The second-order valence-corrected chi connectivity index (χ2v) is 9.35. The van der Waals surface area contributed by atoms with Gasteiger partial charge in [0.2, 0.25) is 5.92 Å². The molecule has 1 N–H and O–H groups in total. The highest BCUT2D eigenvalue weighted by molar-refractivity contribution is 5.96. The Hall–Kier alpha value is -2.92. The Morgan fingerprint density at radius 3 is 2.41 bits per heavy atom. The largest absolute Gasteiger partial charge is 0.419 e. The van der Waals surface area contributed by atoms with Crippen LogP contribution in [0.25, 0.3) is 5.65 Å². The fourth-order valence-corrected chi connectivity index (χ4v) is 4.84. The summed E-state index contributed by atoms with van der Waals surface area (Å²) in [5.74, 6) is -3.37. The number of rotatable bonds is 3. The Labute approximate surface area is 191 Å². The molecule has 2 aliphatic carbocycles. The highest BCUT2D eigenvalue weighted by atomic mass is 19.4. The van der Waals surface area contributed by atoms with Gasteiger partial charge in [-0.15, -0.1) is 0 Å². The Balaban J connectivity index is 1.38. The zero-order valence-electron chi connectivity index (χ0n) is 18.5. The zero-order chi connectivity index (χ0) is 24.4. The van der Waals surface area contributed by atoms with E-state index in [2.05, 4.69) is 10.4 Å². The molecule has 2 aromatic heterocycles. The summed E-state index contributed by atoms with van der Waals surface area (Å²) in [4.78, 5) is 31.2. The first-order valence-corrected chi connectivity index (χ1v) is 11.3. The number of amides is 3. The lowest BCUT2D eigenvalue weighted by atomic mass is 9.91. The van der Waals surface area contributed by atoms with Crippen molar-refractivity contribution in [2.24, 2.45) is 0 Å². The number of urea groups is 1. The molecular weight excluding hydrogens is 461 g/mol. The molecule has 0 spiro atoms. The number of carbonyl (C=O) groups is 2. The molecule has 0 aromatic carbocycles. The predicted octanol–water partition coefficient (Wildman–Crippen LogP) is 4.50. The fourth-order valence-electron chi connectivity index (χ4n) is 4.84. The summed E-state index contributed by atoms with van der Waals surface area (Å²) in [5.41, 5.74) is 1.82. The van der Waals surface area contributed by atoms with Gasteiger partial charge in [0.15, 0.2) is 5.69 Å². The molecule has 0 atom stereocenters. The van der Waals surface area contributed by atoms with E-state index in [4.69, 9.17) is 0 Å². The topological polar surface area (TPSA) is 70.0 Å². The van der Waals surface area contributed by atoms with E-state index in [1.807, 2.05) is 0 Å². The molecule has 2 saturated carbocycles. The average molecular weight is 485 g/mol. The highest BCUT2D eigenvalue weighted by Crippen LogP contribution is 2.43. The molecule has 0 radical (unpaired) electrons. The summed E-state index contributed by atoms with van der Waals surface area (Å²) in [6, 6.07) is 0.161. The molecule has 34 heavy (non-hydrogen) atoms. The van der Waals surface area contributed by atoms with E-state index in [9.17, 15) is 31.5 Å². The first-order chi connectivity index (χ1) is 15.9. The zero-order valence-corrected chi connectivity index (χ0v) is 18.5. The third-order valence-corrected chi connectivity index (χ3v) is 6.97. The van der Waals surface area contributed by atoms with Gasteiger partial charge in [0, 0.05) is 31.6 Å². The van der Waals surface area contributed by atoms with Gasteiger partial charge in [-0.2, -0.15) is 13.2 Å². The standard InChI is InChI=1S/C22H24F5N5O2/c1-12-17(28-18-16(22(25,26)27)10-14(11-31(12)18)13-2-3-13)19(33)32-9-8-30(20(34)29-32)15-4-6-21(23,24)7-5-15/h10-11,13,15H,2-9H2,1H3,(H,29,34). The van der Waals surface area contributed by atoms with Crippen molar-refractivity contribution in [1.82, 2.24) is 24.7 Å². The van der Waals surface area contributed by atoms with Crippen LogP contribution in [0.2, 0.25) is 0 Å². The van der Waals surface area contributed by atoms with Gasteiger partial charge in [0.1, 0.15) is 5.65 Å². The number of carbonyl (C=O) groups excluding carboxylic acids is 2. The minimum absolute atomic E-state index is 0.0598. The molecule has 5 rings (SSSR count). The highest BCUT2D eigenvalue weighted by Gasteiger charge is 2.41. The number of aryl methyl sites for hydroxylation is 1. The first-order valence-electron chi connectivity index (χ1n) is 11.3. The maximum Gasteiger partial charge on any atom is 0.419 e. The van der Waals surface area contributed by atoms with Crippen LogP contribution < -0.4 is 5.43 Å². The number of hydrogen-bond donors (Lipinski definition) is 1. The van der Waals surface area contributed by atoms with Crippen LogP contribution in [0.5, 0.6) is 0 Å². The van der Waals surface area contributed by atoms with Gasteiger partial charge in [-0.1, -0.05) is 0 Å². The fraction of sp³-hybridized carbons (Fsp3) is 0.591. The van der Waals surface area contributed by atoms with Crippen LogP contribution >= 0.6 is 0 Å². The van der Waals surface area contributed by atoms with Crippen molar-refractivity contribution < 1.29 is 31.5 Å². The third-order valence-electron chi connectivity index (χ3n) is 6.97.